The molecule has 0 aromatic rings. The number of hydrogen-bond donors (Lipinski definition) is 1. The Morgan fingerprint density at radius 1 is 1.00 bits per heavy atom. The van der Waals surface area contributed by atoms with E-state index < -0.39 is 0 Å². The summed E-state index contributed by atoms with van der Waals surface area (Å²) in [6.07, 6.45) is 0. The topological polar surface area (TPSA) is 98.0 Å². The van der Waals surface area contributed by atoms with E-state index in [2.05, 4.69) is 0 Å². The minimum Gasteiger partial charge on any atom is -1.00 e. The van der Waals surface area contributed by atoms with Crippen molar-refractivity contribution in [1.29, 1.82) is 0 Å². The fourth-order valence-electron chi connectivity index (χ4n) is 0. The first-order chi connectivity index (χ1) is 0. The van der Waals surface area contributed by atoms with Crippen molar-refractivity contribution in [3.63, 3.8) is 0 Å². The Morgan fingerprint density at radius 3 is 1.00 bits per heavy atom. The molecule has 0 heterocycles. The zero-order valence-electron chi connectivity index (χ0n) is 4.12. The molecule has 7 N–H and O–H groups in total. The van der Waals surface area contributed by atoms with Crippen LogP contribution in [0, 0.1) is 0 Å². The van der Waals surface area contributed by atoms with E-state index >= 15 is 0 Å². The number of halogens is 1. The summed E-state index contributed by atoms with van der Waals surface area (Å²) < 4.78 is 0. The molecule has 0 unspecified atom stereocenters. The van der Waals surface area contributed by atoms with Crippen LogP contribution in [0.15, 0.2) is 0 Å². The van der Waals surface area contributed by atoms with Crippen LogP contribution >= 0.6 is 17.0 Å². The molecule has 0 fully saturated rings. The monoisotopic (exact) mass is 173 g/mol. The molecule has 0 bridgehead atoms. The van der Waals surface area contributed by atoms with Gasteiger partial charge >= 0.3 is 51.4 Å². The summed E-state index contributed by atoms with van der Waals surface area (Å²) in [6.45, 7) is 0. The Kier molecular flexibility index (Phi) is 474. The molecule has 0 aromatic heterocycles. The van der Waals surface area contributed by atoms with Gasteiger partial charge in [0, 0.05) is 0 Å². The van der Waals surface area contributed by atoms with E-state index in [4.69, 9.17) is 0 Å². The number of hydrogen-bond acceptors (Lipinski definition) is 1. The van der Waals surface area contributed by atoms with Gasteiger partial charge in [0.1, 0.15) is 0 Å². The van der Waals surface area contributed by atoms with Crippen molar-refractivity contribution in [2.45, 2.75) is 0 Å². The third-order valence-electron chi connectivity index (χ3n) is 0. The fourth-order valence-corrected chi connectivity index (χ4v) is 0. The molecule has 0 saturated heterocycles. The van der Waals surface area contributed by atoms with Crippen LogP contribution in [0.5, 0.6) is 0 Å². The molecule has 0 rings (SSSR count). The van der Waals surface area contributed by atoms with Crippen LogP contribution in [0.3, 0.4) is 0 Å². The first-order valence-corrected chi connectivity index (χ1v) is 0. The third kappa shape index (κ3) is 24.0. The Balaban J connectivity index is 0. The fraction of sp³-hybridized carbons (Fsp3) is 0. The second-order valence-electron chi connectivity index (χ2n) is 0. The summed E-state index contributed by atoms with van der Waals surface area (Å²) in [6, 6.07) is 0. The van der Waals surface area contributed by atoms with Gasteiger partial charge in [0.05, 0.1) is 0 Å². The van der Waals surface area contributed by atoms with E-state index in [-0.39, 0.29) is 86.9 Å². The Bertz CT molecular complexity index is 13.5. The maximum absolute atomic E-state index is 0. The molecule has 0 amide bonds. The van der Waals surface area contributed by atoms with Gasteiger partial charge in [-0.1, -0.05) is 0 Å². The molecule has 34 valence electrons. The van der Waals surface area contributed by atoms with E-state index in [1.54, 1.807) is 0 Å². The molecule has 0 aliphatic rings. The molecule has 0 radical (unpaired) electrons. The molecule has 0 spiro atoms. The van der Waals surface area contributed by atoms with Crippen LogP contribution in [0.2, 0.25) is 0 Å². The Labute approximate surface area is 85.4 Å². The average Bonchev–Trinajstić information content (AvgIpc) is 0. The summed E-state index contributed by atoms with van der Waals surface area (Å²) in [5.41, 5.74) is 0. The summed E-state index contributed by atoms with van der Waals surface area (Å²) in [7, 11) is 0. The largest absolute Gasteiger partial charge is 1.00 e. The van der Waals surface area contributed by atoms with Gasteiger partial charge in [-0.25, -0.2) is 0 Å². The van der Waals surface area contributed by atoms with Crippen LogP contribution in [0.25, 0.3) is 0 Å². The van der Waals surface area contributed by atoms with Gasteiger partial charge in [0.25, 0.3) is 0 Å². The van der Waals surface area contributed by atoms with Gasteiger partial charge in [-0.05, 0) is 0 Å². The quantitative estimate of drug-likeness (QED) is 0.374. The van der Waals surface area contributed by atoms with Crippen LogP contribution in [-0.2, 0) is 0 Å². The van der Waals surface area contributed by atoms with E-state index in [0.29, 0.717) is 0 Å². The van der Waals surface area contributed by atoms with E-state index in [1.165, 1.54) is 0 Å². The first kappa shape index (κ1) is 63.1. The van der Waals surface area contributed by atoms with Gasteiger partial charge in [-0.2, -0.15) is 0 Å². The Hall–Kier alpha value is 2.00. The van der Waals surface area contributed by atoms with Crippen molar-refractivity contribution in [3.8, 4) is 0 Å². The van der Waals surface area contributed by atoms with Crippen molar-refractivity contribution in [2.24, 2.45) is 0 Å². The van der Waals surface area contributed by atoms with Gasteiger partial charge < -0.3 is 18.5 Å². The van der Waals surface area contributed by atoms with Crippen LogP contribution < -0.4 is 57.5 Å². The van der Waals surface area contributed by atoms with Crippen molar-refractivity contribution >= 4 is 17.0 Å². The SMILES string of the molecule is Br.N.O.O.[H-].[K+]. The zero-order valence-corrected chi connectivity index (χ0v) is 7.95. The first-order valence-electron chi connectivity index (χ1n) is 0. The predicted molar refractivity (Wildman–Crippen MR) is 23.7 cm³/mol. The molecule has 5 heteroatoms. The second kappa shape index (κ2) is 37.6. The molecular formula is H9BrKNO2. The van der Waals surface area contributed by atoms with Gasteiger partial charge in [0.15, 0.2) is 0 Å². The maximum Gasteiger partial charge on any atom is 1.00 e. The minimum absolute atomic E-state index is 0. The standard InChI is InChI=1S/BrH.K.H3N.2H2O.H/h1H;;1H3;2*1H2;/q;+1;;;;-1. The van der Waals surface area contributed by atoms with E-state index in [9.17, 15) is 0 Å². The van der Waals surface area contributed by atoms with Gasteiger partial charge in [-0.3, -0.25) is 0 Å². The summed E-state index contributed by atoms with van der Waals surface area (Å²) in [4.78, 5) is 0. The minimum atomic E-state index is 0. The van der Waals surface area contributed by atoms with Crippen LogP contribution in [0.1, 0.15) is 1.43 Å². The normalized spacial score (nSPS) is 0. The van der Waals surface area contributed by atoms with Crippen molar-refractivity contribution in [2.75, 3.05) is 0 Å². The smallest absolute Gasteiger partial charge is 1.00 e. The Morgan fingerprint density at radius 2 is 1.00 bits per heavy atom. The van der Waals surface area contributed by atoms with Gasteiger partial charge in [0.2, 0.25) is 0 Å². The second-order valence-corrected chi connectivity index (χ2v) is 0. The predicted octanol–water partition coefficient (Wildman–Crippen LogP) is -3.79. The molecule has 0 aromatic carbocycles. The summed E-state index contributed by atoms with van der Waals surface area (Å²) in [5, 5.41) is 0. The van der Waals surface area contributed by atoms with Crippen molar-refractivity contribution in [3.05, 3.63) is 0 Å². The van der Waals surface area contributed by atoms with E-state index in [1.807, 2.05) is 0 Å². The molecule has 5 heavy (non-hydrogen) atoms. The van der Waals surface area contributed by atoms with Crippen molar-refractivity contribution in [1.82, 2.24) is 6.15 Å². The third-order valence-corrected chi connectivity index (χ3v) is 0. The molecule has 0 atom stereocenters. The molecule has 3 nitrogen and oxygen atoms in total. The van der Waals surface area contributed by atoms with E-state index in [0.717, 1.165) is 0 Å². The number of rotatable bonds is 0. The van der Waals surface area contributed by atoms with Crippen molar-refractivity contribution < 1.29 is 63.8 Å². The molecule has 0 aliphatic heterocycles. The zero-order chi connectivity index (χ0) is 0. The van der Waals surface area contributed by atoms with Gasteiger partial charge in [-0.15, -0.1) is 17.0 Å². The van der Waals surface area contributed by atoms with Crippen LogP contribution in [0.4, 0.5) is 0 Å². The van der Waals surface area contributed by atoms with Crippen LogP contribution in [-0.4, -0.2) is 11.0 Å². The maximum atomic E-state index is 0. The summed E-state index contributed by atoms with van der Waals surface area (Å²) >= 11 is 0. The molecule has 0 saturated carbocycles. The summed E-state index contributed by atoms with van der Waals surface area (Å²) in [5.74, 6) is 0. The molecular weight excluding hydrogens is 165 g/mol. The average molecular weight is 174 g/mol. The molecule has 0 aliphatic carbocycles.